The molecule has 108 valence electrons. The van der Waals surface area contributed by atoms with Crippen LogP contribution in [-0.2, 0) is 7.05 Å². The van der Waals surface area contributed by atoms with Gasteiger partial charge in [-0.25, -0.2) is 0 Å². The van der Waals surface area contributed by atoms with Gasteiger partial charge < -0.3 is 0 Å². The largest absolute Gasteiger partial charge is 0.270 e. The number of benzene rings is 2. The van der Waals surface area contributed by atoms with Crippen LogP contribution in [-0.4, -0.2) is 10.0 Å². The van der Waals surface area contributed by atoms with Gasteiger partial charge in [0.15, 0.2) is 7.05 Å². The molecule has 0 unspecified atom stereocenters. The normalized spacial score (nSPS) is 11.1. The summed E-state index contributed by atoms with van der Waals surface area (Å²) in [5, 5.41) is 16.2. The Morgan fingerprint density at radius 2 is 1.95 bits per heavy atom. The Balaban J connectivity index is 2.01. The first kappa shape index (κ1) is 13.9. The van der Waals surface area contributed by atoms with Gasteiger partial charge in [0.25, 0.3) is 5.69 Å². The summed E-state index contributed by atoms with van der Waals surface area (Å²) in [6, 6.07) is 14.5. The first-order chi connectivity index (χ1) is 10.6. The predicted octanol–water partition coefficient (Wildman–Crippen LogP) is 3.14. The molecule has 0 saturated carbocycles. The summed E-state index contributed by atoms with van der Waals surface area (Å²) in [4.78, 5) is 10.4. The number of aryl methyl sites for hydroxylation is 1. The zero-order valence-corrected chi connectivity index (χ0v) is 12.0. The molecule has 0 spiro atoms. The van der Waals surface area contributed by atoms with E-state index in [-0.39, 0.29) is 5.69 Å². The van der Waals surface area contributed by atoms with Crippen molar-refractivity contribution in [1.82, 2.24) is 5.10 Å². The summed E-state index contributed by atoms with van der Waals surface area (Å²) in [6.07, 6.45) is 5.57. The van der Waals surface area contributed by atoms with Crippen LogP contribution < -0.4 is 4.68 Å². The number of aromatic nitrogens is 2. The minimum atomic E-state index is -0.392. The molecule has 0 aliphatic heterocycles. The number of rotatable bonds is 3. The van der Waals surface area contributed by atoms with Crippen LogP contribution in [0.1, 0.15) is 11.1 Å². The van der Waals surface area contributed by atoms with Crippen LogP contribution in [0.2, 0.25) is 0 Å². The van der Waals surface area contributed by atoms with Crippen molar-refractivity contribution in [2.45, 2.75) is 0 Å². The minimum Gasteiger partial charge on any atom is -0.258 e. The van der Waals surface area contributed by atoms with Gasteiger partial charge in [0, 0.05) is 23.8 Å². The summed E-state index contributed by atoms with van der Waals surface area (Å²) in [5.74, 6) is 0. The third kappa shape index (κ3) is 2.69. The van der Waals surface area contributed by atoms with Crippen molar-refractivity contribution < 1.29 is 9.61 Å². The average molecular weight is 292 g/mol. The first-order valence-corrected chi connectivity index (χ1v) is 6.82. The van der Waals surface area contributed by atoms with Crippen LogP contribution in [0.5, 0.6) is 0 Å². The molecule has 22 heavy (non-hydrogen) atoms. The highest BCUT2D eigenvalue weighted by Gasteiger charge is 2.08. The smallest absolute Gasteiger partial charge is 0.258 e. The molecule has 5 heteroatoms. The maximum Gasteiger partial charge on any atom is 0.270 e. The number of para-hydroxylation sites is 1. The lowest BCUT2D eigenvalue weighted by Crippen LogP contribution is -2.33. The van der Waals surface area contributed by atoms with Gasteiger partial charge in [-0.2, -0.15) is 0 Å². The van der Waals surface area contributed by atoms with Crippen molar-refractivity contribution in [3.63, 3.8) is 0 Å². The fourth-order valence-electron chi connectivity index (χ4n) is 2.34. The zero-order chi connectivity index (χ0) is 15.5. The van der Waals surface area contributed by atoms with E-state index in [2.05, 4.69) is 5.10 Å². The van der Waals surface area contributed by atoms with E-state index in [4.69, 9.17) is 0 Å². The molecule has 0 aliphatic rings. The molecule has 3 aromatic rings. The SMILES string of the molecule is C[n+]1ncc(C=Cc2cccc([N+](=O)[O-])c2)c2ccccc21. The quantitative estimate of drug-likeness (QED) is 0.423. The Morgan fingerprint density at radius 3 is 2.77 bits per heavy atom. The van der Waals surface area contributed by atoms with E-state index in [1.807, 2.05) is 54.2 Å². The summed E-state index contributed by atoms with van der Waals surface area (Å²) in [6.45, 7) is 0. The monoisotopic (exact) mass is 292 g/mol. The number of nitrogens with zero attached hydrogens (tertiary/aromatic N) is 3. The molecule has 0 aliphatic carbocycles. The number of fused-ring (bicyclic) bond motifs is 1. The van der Waals surface area contributed by atoms with E-state index >= 15 is 0 Å². The fourth-order valence-corrected chi connectivity index (χ4v) is 2.34. The van der Waals surface area contributed by atoms with E-state index in [1.165, 1.54) is 6.07 Å². The topological polar surface area (TPSA) is 59.9 Å². The van der Waals surface area contributed by atoms with Crippen molar-refractivity contribution in [2.24, 2.45) is 7.05 Å². The lowest BCUT2D eigenvalue weighted by molar-refractivity contribution is -0.705. The third-order valence-corrected chi connectivity index (χ3v) is 3.47. The van der Waals surface area contributed by atoms with Crippen molar-refractivity contribution in [1.29, 1.82) is 0 Å². The summed E-state index contributed by atoms with van der Waals surface area (Å²) < 4.78 is 1.82. The van der Waals surface area contributed by atoms with Gasteiger partial charge in [0.2, 0.25) is 5.52 Å². The Bertz CT molecular complexity index is 888. The maximum absolute atomic E-state index is 10.8. The Labute approximate surface area is 127 Å². The van der Waals surface area contributed by atoms with E-state index in [0.717, 1.165) is 22.0 Å². The average Bonchev–Trinajstić information content (AvgIpc) is 2.55. The molecule has 0 bridgehead atoms. The Kier molecular flexibility index (Phi) is 3.62. The highest BCUT2D eigenvalue weighted by Crippen LogP contribution is 2.19. The van der Waals surface area contributed by atoms with Crippen LogP contribution >= 0.6 is 0 Å². The van der Waals surface area contributed by atoms with Crippen LogP contribution in [0, 0.1) is 10.1 Å². The molecule has 1 heterocycles. The highest BCUT2D eigenvalue weighted by atomic mass is 16.6. The summed E-state index contributed by atoms with van der Waals surface area (Å²) in [5.41, 5.74) is 2.88. The van der Waals surface area contributed by atoms with Gasteiger partial charge in [-0.1, -0.05) is 41.1 Å². The second kappa shape index (κ2) is 5.73. The second-order valence-electron chi connectivity index (χ2n) is 4.93. The first-order valence-electron chi connectivity index (χ1n) is 6.82. The number of hydrogen-bond donors (Lipinski definition) is 0. The van der Waals surface area contributed by atoms with E-state index in [1.54, 1.807) is 18.3 Å². The van der Waals surface area contributed by atoms with E-state index in [0.29, 0.717) is 0 Å². The van der Waals surface area contributed by atoms with Gasteiger partial charge in [0.05, 0.1) is 10.3 Å². The fraction of sp³-hybridized carbons (Fsp3) is 0.0588. The molecule has 5 nitrogen and oxygen atoms in total. The molecule has 0 atom stereocenters. The van der Waals surface area contributed by atoms with E-state index in [9.17, 15) is 10.1 Å². The molecule has 0 radical (unpaired) electrons. The van der Waals surface area contributed by atoms with Gasteiger partial charge in [-0.15, -0.1) is 0 Å². The van der Waals surface area contributed by atoms with Crippen LogP contribution in [0.4, 0.5) is 5.69 Å². The van der Waals surface area contributed by atoms with Crippen LogP contribution in [0.25, 0.3) is 23.1 Å². The van der Waals surface area contributed by atoms with E-state index < -0.39 is 4.92 Å². The predicted molar refractivity (Wildman–Crippen MR) is 84.9 cm³/mol. The number of nitro benzene ring substituents is 1. The molecule has 3 rings (SSSR count). The highest BCUT2D eigenvalue weighted by molar-refractivity contribution is 5.88. The van der Waals surface area contributed by atoms with Crippen molar-refractivity contribution >= 4 is 28.7 Å². The van der Waals surface area contributed by atoms with Gasteiger partial charge in [0.1, 0.15) is 6.20 Å². The van der Waals surface area contributed by atoms with Crippen molar-refractivity contribution in [3.8, 4) is 0 Å². The molecule has 0 N–H and O–H groups in total. The number of non-ortho nitro benzene ring substituents is 1. The minimum absolute atomic E-state index is 0.0876. The molecule has 0 fully saturated rings. The molecular formula is C17H14N3O2+. The van der Waals surface area contributed by atoms with Gasteiger partial charge in [-0.3, -0.25) is 10.1 Å². The Hall–Kier alpha value is -3.08. The second-order valence-corrected chi connectivity index (χ2v) is 4.93. The Morgan fingerprint density at radius 1 is 1.14 bits per heavy atom. The lowest BCUT2D eigenvalue weighted by atomic mass is 10.1. The molecule has 2 aromatic carbocycles. The van der Waals surface area contributed by atoms with Crippen LogP contribution in [0.15, 0.2) is 54.7 Å². The standard InChI is InChI=1S/C17H14N3O2/c1-19-17-8-3-2-7-16(17)14(12-18-19)10-9-13-5-4-6-15(11-13)20(21)22/h2-12H,1H3/q+1. The zero-order valence-electron chi connectivity index (χ0n) is 12.0. The van der Waals surface area contributed by atoms with Gasteiger partial charge >= 0.3 is 0 Å². The molecule has 0 saturated heterocycles. The molecular weight excluding hydrogens is 278 g/mol. The third-order valence-electron chi connectivity index (χ3n) is 3.47. The van der Waals surface area contributed by atoms with Crippen LogP contribution in [0.3, 0.4) is 0 Å². The molecule has 1 aromatic heterocycles. The van der Waals surface area contributed by atoms with Crippen molar-refractivity contribution in [3.05, 3.63) is 76.0 Å². The van der Waals surface area contributed by atoms with Gasteiger partial charge in [-0.05, 0) is 16.7 Å². The number of nitro groups is 1. The maximum atomic E-state index is 10.8. The summed E-state index contributed by atoms with van der Waals surface area (Å²) >= 11 is 0. The van der Waals surface area contributed by atoms with Crippen molar-refractivity contribution in [2.75, 3.05) is 0 Å². The summed E-state index contributed by atoms with van der Waals surface area (Å²) in [7, 11) is 1.90. The molecule has 0 amide bonds. The number of hydrogen-bond acceptors (Lipinski definition) is 3. The lowest BCUT2D eigenvalue weighted by Gasteiger charge is -1.99.